The normalized spacial score (nSPS) is 18.4. The van der Waals surface area contributed by atoms with Crippen LogP contribution in [0, 0.1) is 5.92 Å². The van der Waals surface area contributed by atoms with Crippen molar-refractivity contribution in [1.29, 1.82) is 0 Å². The zero-order valence-electron chi connectivity index (χ0n) is 9.78. The minimum Gasteiger partial charge on any atom is -0.504 e. The van der Waals surface area contributed by atoms with Gasteiger partial charge in [-0.15, -0.1) is 0 Å². The Hall–Kier alpha value is -1.28. The molecule has 0 saturated carbocycles. The number of hydrogen-bond donors (Lipinski definition) is 1. The molecule has 1 saturated heterocycles. The van der Waals surface area contributed by atoms with Crippen molar-refractivity contribution in [2.45, 2.75) is 12.8 Å². The largest absolute Gasteiger partial charge is 0.504 e. The van der Waals surface area contributed by atoms with E-state index in [0.717, 1.165) is 13.1 Å². The van der Waals surface area contributed by atoms with Gasteiger partial charge in [-0.05, 0) is 43.0 Å². The molecule has 0 bridgehead atoms. The Morgan fingerprint density at radius 1 is 1.25 bits per heavy atom. The van der Waals surface area contributed by atoms with Gasteiger partial charge in [0.2, 0.25) is 0 Å². The average molecular weight is 217 g/mol. The summed E-state index contributed by atoms with van der Waals surface area (Å²) in [4.78, 5) is 0. The summed E-state index contributed by atoms with van der Waals surface area (Å²) in [6.07, 6.45) is 4.31. The van der Waals surface area contributed by atoms with E-state index in [1.165, 1.54) is 24.0 Å². The van der Waals surface area contributed by atoms with E-state index in [0.29, 0.717) is 5.92 Å². The van der Waals surface area contributed by atoms with E-state index in [1.54, 1.807) is 7.11 Å². The molecule has 1 fully saturated rings. The number of ether oxygens (including phenoxy) is 1. The molecule has 0 spiro atoms. The maximum absolute atomic E-state index is 5.23. The fourth-order valence-electron chi connectivity index (χ4n) is 2.29. The number of piperidine rings is 1. The lowest BCUT2D eigenvalue weighted by atomic mass is 9.86. The molecule has 2 nitrogen and oxygen atoms in total. The van der Waals surface area contributed by atoms with E-state index in [4.69, 9.17) is 4.74 Å². The van der Waals surface area contributed by atoms with Gasteiger partial charge in [-0.25, -0.2) is 0 Å². The Morgan fingerprint density at radius 3 is 2.56 bits per heavy atom. The number of nitrogens with one attached hydrogen (secondary N) is 1. The second-order valence-electron chi connectivity index (χ2n) is 4.20. The minimum absolute atomic E-state index is 0.628. The molecule has 1 aliphatic rings. The third-order valence-corrected chi connectivity index (χ3v) is 3.13. The Morgan fingerprint density at radius 2 is 1.94 bits per heavy atom. The van der Waals surface area contributed by atoms with E-state index in [1.807, 2.05) is 6.26 Å². The van der Waals surface area contributed by atoms with Crippen LogP contribution in [-0.2, 0) is 4.74 Å². The summed E-state index contributed by atoms with van der Waals surface area (Å²) < 4.78 is 5.23. The van der Waals surface area contributed by atoms with Gasteiger partial charge in [-0.3, -0.25) is 0 Å². The summed E-state index contributed by atoms with van der Waals surface area (Å²) in [5.41, 5.74) is 2.63. The average Bonchev–Trinajstić information content (AvgIpc) is 2.38. The predicted molar refractivity (Wildman–Crippen MR) is 67.0 cm³/mol. The first-order valence-corrected chi connectivity index (χ1v) is 5.91. The van der Waals surface area contributed by atoms with Crippen molar-refractivity contribution in [1.82, 2.24) is 5.32 Å². The van der Waals surface area contributed by atoms with Crippen molar-refractivity contribution >= 4 is 5.57 Å². The summed E-state index contributed by atoms with van der Waals surface area (Å²) in [6, 6.07) is 10.5. The van der Waals surface area contributed by atoms with E-state index < -0.39 is 0 Å². The second kappa shape index (κ2) is 5.71. The lowest BCUT2D eigenvalue weighted by Gasteiger charge is -2.25. The first kappa shape index (κ1) is 11.2. The Bertz CT molecular complexity index is 339. The number of rotatable bonds is 3. The van der Waals surface area contributed by atoms with Gasteiger partial charge in [0.25, 0.3) is 0 Å². The molecular weight excluding hydrogens is 198 g/mol. The molecule has 0 aliphatic carbocycles. The van der Waals surface area contributed by atoms with Crippen LogP contribution in [-0.4, -0.2) is 20.2 Å². The van der Waals surface area contributed by atoms with E-state index >= 15 is 0 Å². The number of benzene rings is 1. The van der Waals surface area contributed by atoms with Crippen LogP contribution < -0.4 is 5.32 Å². The first-order valence-electron chi connectivity index (χ1n) is 5.91. The van der Waals surface area contributed by atoms with Gasteiger partial charge < -0.3 is 10.1 Å². The zero-order valence-corrected chi connectivity index (χ0v) is 9.78. The van der Waals surface area contributed by atoms with Crippen molar-refractivity contribution in [3.8, 4) is 0 Å². The topological polar surface area (TPSA) is 21.3 Å². The van der Waals surface area contributed by atoms with Crippen molar-refractivity contribution in [3.63, 3.8) is 0 Å². The van der Waals surface area contributed by atoms with Gasteiger partial charge >= 0.3 is 0 Å². The molecule has 0 atom stereocenters. The molecule has 1 N–H and O–H groups in total. The molecule has 1 aromatic rings. The number of hydrogen-bond acceptors (Lipinski definition) is 2. The van der Waals surface area contributed by atoms with Crippen LogP contribution in [0.5, 0.6) is 0 Å². The van der Waals surface area contributed by atoms with Crippen molar-refractivity contribution in [2.75, 3.05) is 20.2 Å². The molecule has 16 heavy (non-hydrogen) atoms. The summed E-state index contributed by atoms with van der Waals surface area (Å²) in [7, 11) is 1.73. The van der Waals surface area contributed by atoms with Gasteiger partial charge in [0, 0.05) is 0 Å². The van der Waals surface area contributed by atoms with E-state index in [-0.39, 0.29) is 0 Å². The number of methoxy groups -OCH3 is 1. The maximum atomic E-state index is 5.23. The SMILES string of the molecule is COC=C(c1ccccc1)C1CCNCC1. The van der Waals surface area contributed by atoms with Gasteiger partial charge in [-0.1, -0.05) is 30.3 Å². The molecule has 86 valence electrons. The summed E-state index contributed by atoms with van der Waals surface area (Å²) in [6.45, 7) is 2.22. The van der Waals surface area contributed by atoms with Gasteiger partial charge in [-0.2, -0.15) is 0 Å². The molecule has 0 radical (unpaired) electrons. The molecule has 1 heterocycles. The van der Waals surface area contributed by atoms with Crippen LogP contribution in [0.1, 0.15) is 18.4 Å². The third-order valence-electron chi connectivity index (χ3n) is 3.13. The Kier molecular flexibility index (Phi) is 4.00. The lowest BCUT2D eigenvalue weighted by molar-refractivity contribution is 0.333. The Balaban J connectivity index is 2.20. The Labute approximate surface area is 97.3 Å². The van der Waals surface area contributed by atoms with Crippen molar-refractivity contribution in [3.05, 3.63) is 42.2 Å². The highest BCUT2D eigenvalue weighted by Crippen LogP contribution is 2.29. The zero-order chi connectivity index (χ0) is 11.2. The van der Waals surface area contributed by atoms with Crippen LogP contribution in [0.3, 0.4) is 0 Å². The highest BCUT2D eigenvalue weighted by molar-refractivity contribution is 5.66. The molecule has 0 amide bonds. The van der Waals surface area contributed by atoms with Crippen molar-refractivity contribution in [2.24, 2.45) is 5.92 Å². The van der Waals surface area contributed by atoms with Crippen LogP contribution in [0.15, 0.2) is 36.6 Å². The third kappa shape index (κ3) is 2.64. The molecule has 0 aromatic heterocycles. The van der Waals surface area contributed by atoms with Crippen LogP contribution >= 0.6 is 0 Å². The minimum atomic E-state index is 0.628. The monoisotopic (exact) mass is 217 g/mol. The van der Waals surface area contributed by atoms with E-state index in [2.05, 4.69) is 35.6 Å². The molecule has 1 aliphatic heterocycles. The molecule has 1 aromatic carbocycles. The smallest absolute Gasteiger partial charge is 0.0865 e. The summed E-state index contributed by atoms with van der Waals surface area (Å²) in [5, 5.41) is 3.40. The summed E-state index contributed by atoms with van der Waals surface area (Å²) >= 11 is 0. The van der Waals surface area contributed by atoms with E-state index in [9.17, 15) is 0 Å². The van der Waals surface area contributed by atoms with Gasteiger partial charge in [0.15, 0.2) is 0 Å². The standard InChI is InChI=1S/C14H19NO/c1-16-11-14(12-5-3-2-4-6-12)13-7-9-15-10-8-13/h2-6,11,13,15H,7-10H2,1H3. The predicted octanol–water partition coefficient (Wildman–Crippen LogP) is 2.67. The maximum Gasteiger partial charge on any atom is 0.0865 e. The van der Waals surface area contributed by atoms with Gasteiger partial charge in [0.1, 0.15) is 0 Å². The fourth-order valence-corrected chi connectivity index (χ4v) is 2.29. The number of allylic oxidation sites excluding steroid dienone is 1. The molecule has 2 heteroatoms. The lowest BCUT2D eigenvalue weighted by Crippen LogP contribution is -2.28. The highest BCUT2D eigenvalue weighted by Gasteiger charge is 2.18. The first-order chi connectivity index (χ1) is 7.92. The molecular formula is C14H19NO. The second-order valence-corrected chi connectivity index (χ2v) is 4.20. The molecule has 0 unspecified atom stereocenters. The quantitative estimate of drug-likeness (QED) is 0.786. The summed E-state index contributed by atoms with van der Waals surface area (Å²) in [5.74, 6) is 0.628. The highest BCUT2D eigenvalue weighted by atomic mass is 16.5. The molecule has 2 rings (SSSR count). The fraction of sp³-hybridized carbons (Fsp3) is 0.429. The van der Waals surface area contributed by atoms with Crippen LogP contribution in [0.4, 0.5) is 0 Å². The van der Waals surface area contributed by atoms with Crippen LogP contribution in [0.2, 0.25) is 0 Å². The van der Waals surface area contributed by atoms with Crippen molar-refractivity contribution < 1.29 is 4.74 Å². The van der Waals surface area contributed by atoms with Crippen LogP contribution in [0.25, 0.3) is 5.57 Å². The van der Waals surface area contributed by atoms with Gasteiger partial charge in [0.05, 0.1) is 13.4 Å².